The van der Waals surface area contributed by atoms with Crippen molar-refractivity contribution in [2.24, 2.45) is 5.92 Å². The summed E-state index contributed by atoms with van der Waals surface area (Å²) >= 11 is 0. The summed E-state index contributed by atoms with van der Waals surface area (Å²) in [6, 6.07) is -1.22. The molecule has 1 aliphatic carbocycles. The molecule has 1 atom stereocenters. The van der Waals surface area contributed by atoms with Gasteiger partial charge in [-0.25, -0.2) is 0 Å². The Morgan fingerprint density at radius 2 is 1.71 bits per heavy atom. The Labute approximate surface area is 81.0 Å². The molecule has 1 heterocycles. The zero-order valence-electron chi connectivity index (χ0n) is 7.89. The second-order valence-electron chi connectivity index (χ2n) is 3.97. The molecule has 0 aromatic heterocycles. The number of hydrogen-bond donors (Lipinski definition) is 0. The molecule has 2 aliphatic rings. The van der Waals surface area contributed by atoms with Crippen LogP contribution in [0.25, 0.3) is 0 Å². The first-order valence-electron chi connectivity index (χ1n) is 4.97. The predicted octanol–water partition coefficient (Wildman–Crippen LogP) is 1.66. The normalized spacial score (nSPS) is 27.6. The van der Waals surface area contributed by atoms with Crippen LogP contribution >= 0.6 is 0 Å². The summed E-state index contributed by atoms with van der Waals surface area (Å²) in [5.41, 5.74) is 0. The first-order valence-corrected chi connectivity index (χ1v) is 4.97. The molecule has 5 heteroatoms. The summed E-state index contributed by atoms with van der Waals surface area (Å²) in [5, 5.41) is 0. The van der Waals surface area contributed by atoms with Gasteiger partial charge in [-0.15, -0.1) is 0 Å². The van der Waals surface area contributed by atoms with Gasteiger partial charge in [-0.3, -0.25) is 4.90 Å². The van der Waals surface area contributed by atoms with Crippen molar-refractivity contribution < 1.29 is 17.9 Å². The van der Waals surface area contributed by atoms with Crippen LogP contribution in [0.3, 0.4) is 0 Å². The van der Waals surface area contributed by atoms with Crippen molar-refractivity contribution in [3.05, 3.63) is 0 Å². The van der Waals surface area contributed by atoms with Gasteiger partial charge in [-0.2, -0.15) is 13.2 Å². The quantitative estimate of drug-likeness (QED) is 0.685. The highest BCUT2D eigenvalue weighted by Crippen LogP contribution is 2.43. The molecule has 0 spiro atoms. The van der Waals surface area contributed by atoms with Crippen LogP contribution in [0, 0.1) is 5.92 Å². The number of alkyl halides is 3. The standard InChI is InChI=1S/C9H14F3NO/c10-9(11,12)8(7-1-2-7)13-3-5-14-6-4-13/h7-8H,1-6H2/t8-/m1/s1. The van der Waals surface area contributed by atoms with Crippen LogP contribution in [0.2, 0.25) is 0 Å². The number of rotatable bonds is 2. The van der Waals surface area contributed by atoms with Crippen molar-refractivity contribution in [3.8, 4) is 0 Å². The van der Waals surface area contributed by atoms with E-state index in [1.165, 1.54) is 4.90 Å². The van der Waals surface area contributed by atoms with Gasteiger partial charge in [0.25, 0.3) is 0 Å². The molecule has 1 saturated carbocycles. The topological polar surface area (TPSA) is 12.5 Å². The highest BCUT2D eigenvalue weighted by atomic mass is 19.4. The molecule has 2 nitrogen and oxygen atoms in total. The third-order valence-electron chi connectivity index (χ3n) is 2.84. The molecular formula is C9H14F3NO. The third-order valence-corrected chi connectivity index (χ3v) is 2.84. The summed E-state index contributed by atoms with van der Waals surface area (Å²) in [7, 11) is 0. The van der Waals surface area contributed by atoms with Gasteiger partial charge in [0.15, 0.2) is 0 Å². The molecule has 82 valence electrons. The Hall–Kier alpha value is -0.290. The number of halogens is 3. The summed E-state index contributed by atoms with van der Waals surface area (Å²) in [5.74, 6) is -0.159. The molecule has 2 fully saturated rings. The first-order chi connectivity index (χ1) is 6.59. The lowest BCUT2D eigenvalue weighted by Crippen LogP contribution is -2.51. The maximum atomic E-state index is 12.7. The molecule has 0 radical (unpaired) electrons. The molecule has 0 amide bonds. The van der Waals surface area contributed by atoms with E-state index in [4.69, 9.17) is 4.74 Å². The maximum Gasteiger partial charge on any atom is 0.404 e. The second-order valence-corrected chi connectivity index (χ2v) is 3.97. The molecule has 0 unspecified atom stereocenters. The Morgan fingerprint density at radius 3 is 2.14 bits per heavy atom. The molecule has 0 aromatic carbocycles. The lowest BCUT2D eigenvalue weighted by Gasteiger charge is -2.35. The summed E-state index contributed by atoms with van der Waals surface area (Å²) < 4.78 is 43.2. The van der Waals surface area contributed by atoms with Crippen molar-refractivity contribution in [2.75, 3.05) is 26.3 Å². The van der Waals surface area contributed by atoms with E-state index in [-0.39, 0.29) is 5.92 Å². The molecule has 2 rings (SSSR count). The number of nitrogens with zero attached hydrogens (tertiary/aromatic N) is 1. The average Bonchev–Trinajstić information content (AvgIpc) is 2.88. The Morgan fingerprint density at radius 1 is 1.14 bits per heavy atom. The Bertz CT molecular complexity index is 197. The van der Waals surface area contributed by atoms with Gasteiger partial charge in [-0.1, -0.05) is 0 Å². The van der Waals surface area contributed by atoms with Crippen molar-refractivity contribution in [1.29, 1.82) is 0 Å². The summed E-state index contributed by atoms with van der Waals surface area (Å²) in [6.07, 6.45) is -2.62. The molecular weight excluding hydrogens is 195 g/mol. The van der Waals surface area contributed by atoms with Crippen LogP contribution in [0.4, 0.5) is 13.2 Å². The zero-order valence-corrected chi connectivity index (χ0v) is 7.89. The van der Waals surface area contributed by atoms with Crippen molar-refractivity contribution in [2.45, 2.75) is 25.1 Å². The fourth-order valence-corrected chi connectivity index (χ4v) is 2.04. The molecule has 0 N–H and O–H groups in total. The van der Waals surface area contributed by atoms with E-state index < -0.39 is 12.2 Å². The summed E-state index contributed by atoms with van der Waals surface area (Å²) in [4.78, 5) is 1.53. The van der Waals surface area contributed by atoms with E-state index in [1.54, 1.807) is 0 Å². The van der Waals surface area contributed by atoms with E-state index in [0.717, 1.165) is 12.8 Å². The minimum Gasteiger partial charge on any atom is -0.379 e. The SMILES string of the molecule is FC(F)(F)[C@@H](C1CC1)N1CCOCC1. The molecule has 14 heavy (non-hydrogen) atoms. The highest BCUT2D eigenvalue weighted by molar-refractivity contribution is 4.93. The zero-order chi connectivity index (χ0) is 10.2. The van der Waals surface area contributed by atoms with Gasteiger partial charge in [-0.05, 0) is 18.8 Å². The van der Waals surface area contributed by atoms with E-state index in [0.29, 0.717) is 26.3 Å². The molecule has 1 aliphatic heterocycles. The lowest BCUT2D eigenvalue weighted by atomic mass is 10.1. The average molecular weight is 209 g/mol. The van der Waals surface area contributed by atoms with Crippen LogP contribution in [0.15, 0.2) is 0 Å². The fourth-order valence-electron chi connectivity index (χ4n) is 2.04. The van der Waals surface area contributed by atoms with Crippen LogP contribution < -0.4 is 0 Å². The second kappa shape index (κ2) is 3.70. The van der Waals surface area contributed by atoms with Gasteiger partial charge < -0.3 is 4.74 Å². The first kappa shape index (κ1) is 10.2. The van der Waals surface area contributed by atoms with Crippen molar-refractivity contribution in [1.82, 2.24) is 4.90 Å². The van der Waals surface area contributed by atoms with Crippen molar-refractivity contribution in [3.63, 3.8) is 0 Å². The molecule has 0 aromatic rings. The molecule has 1 saturated heterocycles. The van der Waals surface area contributed by atoms with Gasteiger partial charge in [0.05, 0.1) is 13.2 Å². The fraction of sp³-hybridized carbons (Fsp3) is 1.00. The van der Waals surface area contributed by atoms with Crippen LogP contribution in [0.5, 0.6) is 0 Å². The Kier molecular flexibility index (Phi) is 2.70. The van der Waals surface area contributed by atoms with Crippen LogP contribution in [-0.2, 0) is 4.74 Å². The number of ether oxygens (including phenoxy) is 1. The van der Waals surface area contributed by atoms with Crippen LogP contribution in [-0.4, -0.2) is 43.4 Å². The minimum atomic E-state index is -4.07. The maximum absolute atomic E-state index is 12.7. The van der Waals surface area contributed by atoms with Crippen molar-refractivity contribution >= 4 is 0 Å². The van der Waals surface area contributed by atoms with E-state index in [2.05, 4.69) is 0 Å². The number of hydrogen-bond acceptors (Lipinski definition) is 2. The van der Waals surface area contributed by atoms with Gasteiger partial charge in [0.1, 0.15) is 6.04 Å². The lowest BCUT2D eigenvalue weighted by molar-refractivity contribution is -0.197. The van der Waals surface area contributed by atoms with Crippen LogP contribution in [0.1, 0.15) is 12.8 Å². The number of morpholine rings is 1. The highest BCUT2D eigenvalue weighted by Gasteiger charge is 2.51. The van der Waals surface area contributed by atoms with E-state index >= 15 is 0 Å². The van der Waals surface area contributed by atoms with Gasteiger partial charge in [0.2, 0.25) is 0 Å². The molecule has 0 bridgehead atoms. The third kappa shape index (κ3) is 2.20. The van der Waals surface area contributed by atoms with E-state index in [9.17, 15) is 13.2 Å². The smallest absolute Gasteiger partial charge is 0.379 e. The summed E-state index contributed by atoms with van der Waals surface area (Å²) in [6.45, 7) is 1.69. The monoisotopic (exact) mass is 209 g/mol. The van der Waals surface area contributed by atoms with Gasteiger partial charge in [0, 0.05) is 13.1 Å². The largest absolute Gasteiger partial charge is 0.404 e. The Balaban J connectivity index is 2.01. The minimum absolute atomic E-state index is 0.159. The van der Waals surface area contributed by atoms with Gasteiger partial charge >= 0.3 is 6.18 Å². The van der Waals surface area contributed by atoms with E-state index in [1.807, 2.05) is 0 Å². The predicted molar refractivity (Wildman–Crippen MR) is 45.0 cm³/mol.